The zero-order chi connectivity index (χ0) is 22.5. The normalized spacial score (nSPS) is 11.4. The molecule has 0 bridgehead atoms. The van der Waals surface area contributed by atoms with Gasteiger partial charge in [0.25, 0.3) is 0 Å². The number of nitrogens with one attached hydrogen (secondary N) is 2. The van der Waals surface area contributed by atoms with Crippen molar-refractivity contribution >= 4 is 23.7 Å². The molecule has 8 heteroatoms. The van der Waals surface area contributed by atoms with Crippen molar-refractivity contribution in [2.24, 2.45) is 5.73 Å². The lowest BCUT2D eigenvalue weighted by Crippen LogP contribution is -2.36. The number of hydrogen-bond acceptors (Lipinski definition) is 5. The molecule has 2 aromatic carbocycles. The Morgan fingerprint density at radius 3 is 2.45 bits per heavy atom. The van der Waals surface area contributed by atoms with Crippen LogP contribution in [0.2, 0.25) is 0 Å². The van der Waals surface area contributed by atoms with Gasteiger partial charge in [-0.3, -0.25) is 9.59 Å². The SMILES string of the molecule is N[C@@H](CCCNC(=O)OCc1ccccc1)C(=O)Nc1ccccc1CCCC(=O)O. The highest BCUT2D eigenvalue weighted by Crippen LogP contribution is 2.18. The molecule has 31 heavy (non-hydrogen) atoms. The number of nitrogens with two attached hydrogens (primary N) is 1. The molecule has 0 heterocycles. The molecule has 2 amide bonds. The maximum Gasteiger partial charge on any atom is 0.407 e. The molecule has 2 rings (SSSR count). The topological polar surface area (TPSA) is 131 Å². The van der Waals surface area contributed by atoms with E-state index >= 15 is 0 Å². The van der Waals surface area contributed by atoms with Crippen LogP contribution < -0.4 is 16.4 Å². The smallest absolute Gasteiger partial charge is 0.407 e. The molecule has 0 aliphatic rings. The second-order valence-corrected chi connectivity index (χ2v) is 7.13. The summed E-state index contributed by atoms with van der Waals surface area (Å²) in [6.07, 6.45) is 1.51. The summed E-state index contributed by atoms with van der Waals surface area (Å²) in [5.41, 5.74) is 8.38. The van der Waals surface area contributed by atoms with Gasteiger partial charge >= 0.3 is 12.1 Å². The Morgan fingerprint density at radius 1 is 1.00 bits per heavy atom. The van der Waals surface area contributed by atoms with Gasteiger partial charge in [-0.05, 0) is 42.9 Å². The Kier molecular flexibility index (Phi) is 10.0. The molecule has 0 aliphatic carbocycles. The average molecular weight is 428 g/mol. The van der Waals surface area contributed by atoms with Crippen molar-refractivity contribution in [3.8, 4) is 0 Å². The summed E-state index contributed by atoms with van der Waals surface area (Å²) < 4.78 is 5.12. The predicted octanol–water partition coefficient (Wildman–Crippen LogP) is 3.07. The molecule has 0 unspecified atom stereocenters. The van der Waals surface area contributed by atoms with Crippen LogP contribution in [0.4, 0.5) is 10.5 Å². The van der Waals surface area contributed by atoms with Crippen molar-refractivity contribution in [2.75, 3.05) is 11.9 Å². The van der Waals surface area contributed by atoms with Gasteiger partial charge in [0.1, 0.15) is 6.61 Å². The Balaban J connectivity index is 1.68. The highest BCUT2D eigenvalue weighted by Gasteiger charge is 2.15. The summed E-state index contributed by atoms with van der Waals surface area (Å²) in [7, 11) is 0. The number of aryl methyl sites for hydroxylation is 1. The lowest BCUT2D eigenvalue weighted by atomic mass is 10.1. The third-order valence-corrected chi connectivity index (χ3v) is 4.62. The van der Waals surface area contributed by atoms with Crippen LogP contribution in [0.3, 0.4) is 0 Å². The number of benzene rings is 2. The van der Waals surface area contributed by atoms with Crippen LogP contribution in [0.5, 0.6) is 0 Å². The van der Waals surface area contributed by atoms with Gasteiger partial charge in [0.05, 0.1) is 6.04 Å². The molecule has 166 valence electrons. The average Bonchev–Trinajstić information content (AvgIpc) is 2.76. The highest BCUT2D eigenvalue weighted by molar-refractivity contribution is 5.95. The van der Waals surface area contributed by atoms with Crippen LogP contribution >= 0.6 is 0 Å². The number of carboxylic acid groups (broad SMARTS) is 1. The first-order valence-corrected chi connectivity index (χ1v) is 10.3. The summed E-state index contributed by atoms with van der Waals surface area (Å²) in [6.45, 7) is 0.543. The fraction of sp³-hybridized carbons (Fsp3) is 0.348. The summed E-state index contributed by atoms with van der Waals surface area (Å²) in [6, 6.07) is 15.9. The fourth-order valence-corrected chi connectivity index (χ4v) is 2.93. The molecule has 2 aromatic rings. The molecule has 0 aromatic heterocycles. The summed E-state index contributed by atoms with van der Waals surface area (Å²) in [5.74, 6) is -1.17. The van der Waals surface area contributed by atoms with Gasteiger partial charge in [0.15, 0.2) is 0 Å². The van der Waals surface area contributed by atoms with Gasteiger partial charge in [0, 0.05) is 18.7 Å². The molecule has 1 atom stereocenters. The molecule has 0 aliphatic heterocycles. The Morgan fingerprint density at radius 2 is 1.71 bits per heavy atom. The molecule has 0 fully saturated rings. The monoisotopic (exact) mass is 427 g/mol. The molecular weight excluding hydrogens is 398 g/mol. The van der Waals surface area contributed by atoms with Crippen molar-refractivity contribution in [3.63, 3.8) is 0 Å². The van der Waals surface area contributed by atoms with Gasteiger partial charge in [0.2, 0.25) is 5.91 Å². The second kappa shape index (κ2) is 13.0. The molecule has 0 saturated heterocycles. The van der Waals surface area contributed by atoms with Crippen LogP contribution in [0, 0.1) is 0 Å². The van der Waals surface area contributed by atoms with E-state index in [4.69, 9.17) is 15.6 Å². The first-order chi connectivity index (χ1) is 15.0. The van der Waals surface area contributed by atoms with Crippen LogP contribution in [-0.4, -0.2) is 35.7 Å². The third-order valence-electron chi connectivity index (χ3n) is 4.62. The first kappa shape index (κ1) is 23.9. The number of carbonyl (C=O) groups excluding carboxylic acids is 2. The van der Waals surface area contributed by atoms with Gasteiger partial charge in [-0.1, -0.05) is 48.5 Å². The summed E-state index contributed by atoms with van der Waals surface area (Å²) >= 11 is 0. The van der Waals surface area contributed by atoms with Crippen molar-refractivity contribution in [1.82, 2.24) is 5.32 Å². The number of hydrogen-bond donors (Lipinski definition) is 4. The second-order valence-electron chi connectivity index (χ2n) is 7.13. The first-order valence-electron chi connectivity index (χ1n) is 10.3. The summed E-state index contributed by atoms with van der Waals surface area (Å²) in [4.78, 5) is 34.8. The highest BCUT2D eigenvalue weighted by atomic mass is 16.5. The van der Waals surface area contributed by atoms with E-state index in [0.29, 0.717) is 37.9 Å². The molecule has 5 N–H and O–H groups in total. The Labute approximate surface area is 181 Å². The van der Waals surface area contributed by atoms with Crippen molar-refractivity contribution in [1.29, 1.82) is 0 Å². The number of anilines is 1. The van der Waals surface area contributed by atoms with Crippen LogP contribution in [0.25, 0.3) is 0 Å². The van der Waals surface area contributed by atoms with Crippen LogP contribution in [0.15, 0.2) is 54.6 Å². The van der Waals surface area contributed by atoms with Crippen molar-refractivity contribution in [3.05, 3.63) is 65.7 Å². The number of alkyl carbamates (subject to hydrolysis) is 1. The number of carbonyl (C=O) groups is 3. The molecular formula is C23H29N3O5. The minimum Gasteiger partial charge on any atom is -0.481 e. The maximum absolute atomic E-state index is 12.4. The quantitative estimate of drug-likeness (QED) is 0.385. The van der Waals surface area contributed by atoms with Gasteiger partial charge in [-0.15, -0.1) is 0 Å². The number of rotatable bonds is 12. The largest absolute Gasteiger partial charge is 0.481 e. The standard InChI is InChI=1S/C23H29N3O5/c24-19(12-7-15-25-23(30)31-16-17-8-2-1-3-9-17)22(29)26-20-13-5-4-10-18(20)11-6-14-21(27)28/h1-5,8-10,13,19H,6-7,11-12,14-16,24H2,(H,25,30)(H,26,29)(H,27,28)/t19-/m0/s1. The van der Waals surface area contributed by atoms with E-state index in [-0.39, 0.29) is 18.9 Å². The van der Waals surface area contributed by atoms with Crippen molar-refractivity contribution in [2.45, 2.75) is 44.8 Å². The van der Waals surface area contributed by atoms with Gasteiger partial charge in [-0.25, -0.2) is 4.79 Å². The van der Waals surface area contributed by atoms with E-state index in [1.165, 1.54) is 0 Å². The Hall–Kier alpha value is -3.39. The van der Waals surface area contributed by atoms with E-state index in [0.717, 1.165) is 11.1 Å². The van der Waals surface area contributed by atoms with Gasteiger partial charge in [-0.2, -0.15) is 0 Å². The fourth-order valence-electron chi connectivity index (χ4n) is 2.93. The van der Waals surface area contributed by atoms with E-state index in [1.54, 1.807) is 12.1 Å². The van der Waals surface area contributed by atoms with E-state index in [2.05, 4.69) is 10.6 Å². The van der Waals surface area contributed by atoms with Crippen LogP contribution in [-0.2, 0) is 27.4 Å². The zero-order valence-electron chi connectivity index (χ0n) is 17.4. The zero-order valence-corrected chi connectivity index (χ0v) is 17.4. The number of amides is 2. The van der Waals surface area contributed by atoms with Crippen molar-refractivity contribution < 1.29 is 24.2 Å². The number of para-hydroxylation sites is 1. The number of carboxylic acids is 1. The molecule has 0 saturated carbocycles. The minimum atomic E-state index is -0.846. The molecule has 8 nitrogen and oxygen atoms in total. The predicted molar refractivity (Wildman–Crippen MR) is 117 cm³/mol. The third kappa shape index (κ3) is 9.31. The molecule has 0 radical (unpaired) electrons. The van der Waals surface area contributed by atoms with E-state index in [1.807, 2.05) is 42.5 Å². The van der Waals surface area contributed by atoms with E-state index in [9.17, 15) is 14.4 Å². The molecule has 0 spiro atoms. The maximum atomic E-state index is 12.4. The van der Waals surface area contributed by atoms with Crippen LogP contribution in [0.1, 0.15) is 36.8 Å². The Bertz CT molecular complexity index is 857. The minimum absolute atomic E-state index is 0.0720. The number of ether oxygens (including phenoxy) is 1. The lowest BCUT2D eigenvalue weighted by Gasteiger charge is -2.15. The van der Waals surface area contributed by atoms with E-state index < -0.39 is 18.1 Å². The van der Waals surface area contributed by atoms with Gasteiger partial charge < -0.3 is 26.2 Å². The lowest BCUT2D eigenvalue weighted by molar-refractivity contribution is -0.137. The number of aliphatic carboxylic acids is 1. The summed E-state index contributed by atoms with van der Waals surface area (Å²) in [5, 5.41) is 14.2.